The molecule has 0 aliphatic rings. The second-order valence-electron chi connectivity index (χ2n) is 3.91. The second-order valence-corrected chi connectivity index (χ2v) is 4.72. The zero-order valence-corrected chi connectivity index (χ0v) is 11.7. The van der Waals surface area contributed by atoms with Crippen LogP contribution in [0.1, 0.15) is 12.6 Å². The number of nitrogens with one attached hydrogen (secondary N) is 1. The number of anilines is 3. The Hall–Kier alpha value is -1.39. The van der Waals surface area contributed by atoms with Crippen LogP contribution in [0, 0.1) is 0 Å². The monoisotopic (exact) mass is 284 g/mol. The molecule has 0 saturated carbocycles. The molecule has 1 heterocycles. The second kappa shape index (κ2) is 5.08. The highest BCUT2D eigenvalue weighted by Gasteiger charge is 2.14. The molecule has 1 aromatic carbocycles. The molecule has 4 nitrogen and oxygen atoms in total. The number of aryl methyl sites for hydroxylation is 2. The highest BCUT2D eigenvalue weighted by molar-refractivity contribution is 6.39. The lowest BCUT2D eigenvalue weighted by atomic mass is 10.2. The van der Waals surface area contributed by atoms with Crippen LogP contribution < -0.4 is 11.1 Å². The Bertz CT molecular complexity index is 557. The number of nitrogen functional groups attached to an aromatic ring is 1. The van der Waals surface area contributed by atoms with Crippen LogP contribution in [0.2, 0.25) is 10.0 Å². The molecule has 0 saturated heterocycles. The van der Waals surface area contributed by atoms with E-state index in [1.54, 1.807) is 22.9 Å². The summed E-state index contributed by atoms with van der Waals surface area (Å²) in [5, 5.41) is 8.56. The Balaban J connectivity index is 2.43. The molecule has 3 N–H and O–H groups in total. The van der Waals surface area contributed by atoms with Gasteiger partial charge in [-0.3, -0.25) is 4.68 Å². The van der Waals surface area contributed by atoms with Crippen molar-refractivity contribution in [3.05, 3.63) is 33.9 Å². The lowest BCUT2D eigenvalue weighted by Gasteiger charge is -2.11. The van der Waals surface area contributed by atoms with Crippen LogP contribution in [0.25, 0.3) is 0 Å². The van der Waals surface area contributed by atoms with Gasteiger partial charge in [-0.25, -0.2) is 0 Å². The van der Waals surface area contributed by atoms with Crippen molar-refractivity contribution in [2.45, 2.75) is 13.3 Å². The van der Waals surface area contributed by atoms with Gasteiger partial charge in [0.25, 0.3) is 0 Å². The molecule has 0 aliphatic carbocycles. The maximum Gasteiger partial charge on any atom is 0.152 e. The van der Waals surface area contributed by atoms with Gasteiger partial charge < -0.3 is 11.1 Å². The number of nitrogens with two attached hydrogens (primary N) is 1. The minimum atomic E-state index is 0.543. The fourth-order valence-corrected chi connectivity index (χ4v) is 2.23. The van der Waals surface area contributed by atoms with Crippen LogP contribution in [0.5, 0.6) is 0 Å². The maximum atomic E-state index is 6.11. The van der Waals surface area contributed by atoms with Crippen molar-refractivity contribution in [2.75, 3.05) is 11.1 Å². The Morgan fingerprint density at radius 2 is 1.94 bits per heavy atom. The van der Waals surface area contributed by atoms with Crippen LogP contribution in [-0.4, -0.2) is 9.78 Å². The lowest BCUT2D eigenvalue weighted by molar-refractivity contribution is 0.753. The van der Waals surface area contributed by atoms with Gasteiger partial charge >= 0.3 is 0 Å². The van der Waals surface area contributed by atoms with Gasteiger partial charge in [0, 0.05) is 7.05 Å². The molecule has 0 radical (unpaired) electrons. The number of para-hydroxylation sites is 1. The van der Waals surface area contributed by atoms with Crippen molar-refractivity contribution in [2.24, 2.45) is 7.05 Å². The van der Waals surface area contributed by atoms with Gasteiger partial charge in [-0.15, -0.1) is 0 Å². The summed E-state index contributed by atoms with van der Waals surface area (Å²) < 4.78 is 1.69. The van der Waals surface area contributed by atoms with Crippen LogP contribution >= 0.6 is 23.2 Å². The van der Waals surface area contributed by atoms with Crippen molar-refractivity contribution < 1.29 is 0 Å². The van der Waals surface area contributed by atoms with E-state index in [2.05, 4.69) is 10.4 Å². The van der Waals surface area contributed by atoms with E-state index in [9.17, 15) is 0 Å². The van der Waals surface area contributed by atoms with Gasteiger partial charge in [-0.05, 0) is 18.6 Å². The molecule has 18 heavy (non-hydrogen) atoms. The number of nitrogens with zero attached hydrogens (tertiary/aromatic N) is 2. The van der Waals surface area contributed by atoms with Crippen molar-refractivity contribution in [1.29, 1.82) is 0 Å². The number of benzene rings is 1. The fourth-order valence-electron chi connectivity index (χ4n) is 1.74. The van der Waals surface area contributed by atoms with Gasteiger partial charge in [0.05, 0.1) is 27.1 Å². The van der Waals surface area contributed by atoms with Gasteiger partial charge in [0.15, 0.2) is 5.82 Å². The molecule has 2 rings (SSSR count). The van der Waals surface area contributed by atoms with Crippen LogP contribution in [0.3, 0.4) is 0 Å². The van der Waals surface area contributed by atoms with Crippen molar-refractivity contribution in [1.82, 2.24) is 9.78 Å². The van der Waals surface area contributed by atoms with Gasteiger partial charge in [0.2, 0.25) is 0 Å². The lowest BCUT2D eigenvalue weighted by Crippen LogP contribution is -2.02. The highest BCUT2D eigenvalue weighted by Crippen LogP contribution is 2.34. The van der Waals surface area contributed by atoms with Crippen molar-refractivity contribution in [3.63, 3.8) is 0 Å². The quantitative estimate of drug-likeness (QED) is 0.905. The molecule has 0 atom stereocenters. The molecule has 6 heteroatoms. The van der Waals surface area contributed by atoms with E-state index in [0.717, 1.165) is 12.1 Å². The fraction of sp³-hybridized carbons (Fsp3) is 0.250. The summed E-state index contributed by atoms with van der Waals surface area (Å²) in [5.74, 6) is 0.696. The van der Waals surface area contributed by atoms with Gasteiger partial charge in [-0.1, -0.05) is 36.2 Å². The van der Waals surface area contributed by atoms with E-state index in [0.29, 0.717) is 27.2 Å². The maximum absolute atomic E-state index is 6.11. The Morgan fingerprint density at radius 3 is 2.44 bits per heavy atom. The zero-order valence-electron chi connectivity index (χ0n) is 10.2. The molecule has 0 bridgehead atoms. The molecule has 2 aromatic rings. The zero-order chi connectivity index (χ0) is 13.3. The van der Waals surface area contributed by atoms with Crippen LogP contribution in [0.4, 0.5) is 17.2 Å². The Morgan fingerprint density at radius 1 is 1.33 bits per heavy atom. The summed E-state index contributed by atoms with van der Waals surface area (Å²) >= 11 is 12.2. The summed E-state index contributed by atoms with van der Waals surface area (Å²) in [7, 11) is 1.82. The van der Waals surface area contributed by atoms with E-state index in [1.807, 2.05) is 14.0 Å². The molecule has 0 amide bonds. The number of aromatic nitrogens is 2. The highest BCUT2D eigenvalue weighted by atomic mass is 35.5. The number of halogens is 2. The van der Waals surface area contributed by atoms with Crippen LogP contribution in [0.15, 0.2) is 18.2 Å². The normalized spacial score (nSPS) is 10.7. The average Bonchev–Trinajstić information content (AvgIpc) is 2.60. The summed E-state index contributed by atoms with van der Waals surface area (Å²) in [6, 6.07) is 5.33. The Labute approximate surface area is 116 Å². The topological polar surface area (TPSA) is 55.9 Å². The molecular formula is C12H14Cl2N4. The smallest absolute Gasteiger partial charge is 0.152 e. The molecular weight excluding hydrogens is 271 g/mol. The molecule has 0 unspecified atom stereocenters. The third-order valence-corrected chi connectivity index (χ3v) is 3.33. The van der Waals surface area contributed by atoms with Gasteiger partial charge in [0.1, 0.15) is 0 Å². The average molecular weight is 285 g/mol. The first-order chi connectivity index (χ1) is 8.54. The number of rotatable bonds is 3. The Kier molecular flexibility index (Phi) is 3.68. The van der Waals surface area contributed by atoms with Gasteiger partial charge in [-0.2, -0.15) is 5.10 Å². The third-order valence-electron chi connectivity index (χ3n) is 2.70. The first-order valence-electron chi connectivity index (χ1n) is 5.57. The summed E-state index contributed by atoms with van der Waals surface area (Å²) in [6.07, 6.45) is 0.775. The molecule has 0 spiro atoms. The predicted molar refractivity (Wildman–Crippen MR) is 76.7 cm³/mol. The van der Waals surface area contributed by atoms with Crippen LogP contribution in [-0.2, 0) is 13.5 Å². The minimum Gasteiger partial charge on any atom is -0.394 e. The van der Waals surface area contributed by atoms with E-state index in [1.165, 1.54) is 0 Å². The predicted octanol–water partition coefficient (Wildman–Crippen LogP) is 3.62. The third kappa shape index (κ3) is 2.26. The number of hydrogen-bond acceptors (Lipinski definition) is 3. The SMILES string of the molecule is CCc1nn(C)c(Nc2c(Cl)cccc2Cl)c1N. The molecule has 96 valence electrons. The largest absolute Gasteiger partial charge is 0.394 e. The summed E-state index contributed by atoms with van der Waals surface area (Å²) in [4.78, 5) is 0. The number of hydrogen-bond donors (Lipinski definition) is 2. The van der Waals surface area contributed by atoms with Crippen molar-refractivity contribution >= 4 is 40.4 Å². The van der Waals surface area contributed by atoms with E-state index < -0.39 is 0 Å². The van der Waals surface area contributed by atoms with E-state index in [4.69, 9.17) is 28.9 Å². The summed E-state index contributed by atoms with van der Waals surface area (Å²) in [6.45, 7) is 2.00. The standard InChI is InChI=1S/C12H14Cl2N4/c1-3-9-10(15)12(18(2)17-9)16-11-7(13)5-4-6-8(11)14/h4-6,16H,3,15H2,1-2H3. The van der Waals surface area contributed by atoms with Crippen molar-refractivity contribution in [3.8, 4) is 0 Å². The first kappa shape index (κ1) is 13.1. The van der Waals surface area contributed by atoms with E-state index >= 15 is 0 Å². The summed E-state index contributed by atoms with van der Waals surface area (Å²) in [5.41, 5.74) is 8.14. The first-order valence-corrected chi connectivity index (χ1v) is 6.32. The molecule has 0 fully saturated rings. The minimum absolute atomic E-state index is 0.543. The molecule has 0 aliphatic heterocycles. The van der Waals surface area contributed by atoms with E-state index in [-0.39, 0.29) is 0 Å². The molecule has 1 aromatic heterocycles.